The van der Waals surface area contributed by atoms with E-state index in [1.165, 1.54) is 0 Å². The Morgan fingerprint density at radius 1 is 1.03 bits per heavy atom. The lowest BCUT2D eigenvalue weighted by Gasteiger charge is -2.39. The summed E-state index contributed by atoms with van der Waals surface area (Å²) < 4.78 is 47.2. The van der Waals surface area contributed by atoms with Crippen LogP contribution in [0.25, 0.3) is 0 Å². The molecule has 0 amide bonds. The van der Waals surface area contributed by atoms with Crippen molar-refractivity contribution in [1.29, 1.82) is 0 Å². The van der Waals surface area contributed by atoms with E-state index in [9.17, 15) is 18.3 Å². The smallest absolute Gasteiger partial charge is 0.388 e. The molecule has 4 atom stereocenters. The average molecular weight is 611 g/mol. The normalized spacial score (nSPS) is 31.7. The van der Waals surface area contributed by atoms with E-state index in [-0.39, 0.29) is 9.34 Å². The van der Waals surface area contributed by atoms with Crippen molar-refractivity contribution in [2.75, 3.05) is 0 Å². The summed E-state index contributed by atoms with van der Waals surface area (Å²) in [6, 6.07) is 5.48. The number of aliphatic hydroxyl groups excluding tert-OH is 1. The summed E-state index contributed by atoms with van der Waals surface area (Å²) in [7, 11) is 0. The maximum atomic E-state index is 13.3. The third-order valence-corrected chi connectivity index (χ3v) is 10.5. The van der Waals surface area contributed by atoms with Crippen LogP contribution in [0.1, 0.15) is 123 Å². The molecule has 2 saturated carbocycles. The summed E-state index contributed by atoms with van der Waals surface area (Å²) in [4.78, 5) is 5.30. The number of benzene rings is 1. The Labute approximate surface area is 224 Å². The maximum absolute atomic E-state index is 13.3. The third-order valence-electron chi connectivity index (χ3n) is 8.91. The molecule has 36 heavy (non-hydrogen) atoms. The second-order valence-corrected chi connectivity index (χ2v) is 13.6. The highest BCUT2D eigenvalue weighted by molar-refractivity contribution is 14.1. The van der Waals surface area contributed by atoms with Crippen LogP contribution in [-0.2, 0) is 22.9 Å². The molecule has 2 aromatic rings. The van der Waals surface area contributed by atoms with E-state index < -0.39 is 29.5 Å². The van der Waals surface area contributed by atoms with E-state index in [4.69, 9.17) is 9.72 Å². The zero-order valence-corrected chi connectivity index (χ0v) is 23.0. The maximum Gasteiger partial charge on any atom is 0.416 e. The first-order valence-corrected chi connectivity index (χ1v) is 14.5. The molecule has 4 aliphatic rings. The minimum absolute atomic E-state index is 0.0422. The van der Waals surface area contributed by atoms with Crippen molar-refractivity contribution in [2.24, 2.45) is 5.41 Å². The minimum atomic E-state index is -4.38. The summed E-state index contributed by atoms with van der Waals surface area (Å²) >= 11 is 2.50. The second-order valence-electron chi connectivity index (χ2n) is 12.1. The lowest BCUT2D eigenvalue weighted by Crippen LogP contribution is -2.35. The van der Waals surface area contributed by atoms with Crippen LogP contribution in [0.4, 0.5) is 13.2 Å². The van der Waals surface area contributed by atoms with Gasteiger partial charge in [0, 0.05) is 32.2 Å². The number of aliphatic hydroxyl groups is 1. The minimum Gasteiger partial charge on any atom is -0.388 e. The molecule has 0 radical (unpaired) electrons. The number of aromatic nitrogens is 1. The molecule has 2 fully saturated rings. The number of halogens is 4. The van der Waals surface area contributed by atoms with Crippen LogP contribution >= 0.6 is 22.6 Å². The van der Waals surface area contributed by atoms with Gasteiger partial charge in [0.1, 0.15) is 11.7 Å². The predicted octanol–water partition coefficient (Wildman–Crippen LogP) is 8.07. The standard InChI is InChI=1S/C29H33F3INO2/c1-27(2)14-19-22(20(35)15-27)24-23(25(34-19)16-6-3-4-7-16)26(36-28(24)13-5-8-21(28)33)17-9-11-18(12-10-17)29(30,31)32/h9-12,16,20-21,26,35H,3-8,13-15H2,1-2H3/t20-,21?,26+,28?/m0/s1. The molecule has 7 heteroatoms. The van der Waals surface area contributed by atoms with Crippen LogP contribution in [0, 0.1) is 5.41 Å². The lowest BCUT2D eigenvalue weighted by molar-refractivity contribution is -0.137. The van der Waals surface area contributed by atoms with E-state index in [1.807, 2.05) is 0 Å². The van der Waals surface area contributed by atoms with Crippen LogP contribution in [0.3, 0.4) is 0 Å². The second kappa shape index (κ2) is 8.67. The number of ether oxygens (including phenoxy) is 1. The van der Waals surface area contributed by atoms with Gasteiger partial charge >= 0.3 is 6.18 Å². The molecule has 1 aromatic carbocycles. The fourth-order valence-corrected chi connectivity index (χ4v) is 8.53. The molecule has 1 aliphatic heterocycles. The van der Waals surface area contributed by atoms with Crippen LogP contribution in [0.2, 0.25) is 0 Å². The van der Waals surface area contributed by atoms with Crippen LogP contribution in [-0.4, -0.2) is 14.0 Å². The highest BCUT2D eigenvalue weighted by Gasteiger charge is 2.56. The van der Waals surface area contributed by atoms with E-state index in [2.05, 4.69) is 36.4 Å². The number of hydrogen-bond donors (Lipinski definition) is 1. The fourth-order valence-electron chi connectivity index (χ4n) is 7.32. The zero-order chi connectivity index (χ0) is 25.5. The topological polar surface area (TPSA) is 42.4 Å². The highest BCUT2D eigenvalue weighted by Crippen LogP contribution is 2.61. The number of alkyl halides is 4. The SMILES string of the molecule is CC1(C)Cc2nc(C3CCCC3)c3c(c2[C@@H](O)C1)C1(CCCC1I)O[C@@H]3c1ccc(C(F)(F)F)cc1. The van der Waals surface area contributed by atoms with Gasteiger partial charge in [-0.15, -0.1) is 0 Å². The molecule has 3 aliphatic carbocycles. The van der Waals surface area contributed by atoms with Gasteiger partial charge in [-0.25, -0.2) is 0 Å². The molecule has 1 aromatic heterocycles. The fraction of sp³-hybridized carbons (Fsp3) is 0.621. The largest absolute Gasteiger partial charge is 0.416 e. The molecule has 3 nitrogen and oxygen atoms in total. The first-order chi connectivity index (χ1) is 17.0. The van der Waals surface area contributed by atoms with Crippen molar-refractivity contribution in [2.45, 2.75) is 105 Å². The van der Waals surface area contributed by atoms with E-state index in [0.29, 0.717) is 12.3 Å². The van der Waals surface area contributed by atoms with Gasteiger partial charge < -0.3 is 9.84 Å². The van der Waals surface area contributed by atoms with Crippen LogP contribution < -0.4 is 0 Å². The summed E-state index contributed by atoms with van der Waals surface area (Å²) in [5, 5.41) is 11.5. The Morgan fingerprint density at radius 3 is 2.33 bits per heavy atom. The average Bonchev–Trinajstić information content (AvgIpc) is 3.53. The van der Waals surface area contributed by atoms with Gasteiger partial charge in [0.15, 0.2) is 0 Å². The monoisotopic (exact) mass is 611 g/mol. The number of hydrogen-bond acceptors (Lipinski definition) is 3. The van der Waals surface area contributed by atoms with Crippen molar-refractivity contribution in [1.82, 2.24) is 4.98 Å². The Morgan fingerprint density at radius 2 is 1.72 bits per heavy atom. The summed E-state index contributed by atoms with van der Waals surface area (Å²) in [5.41, 5.74) is 4.71. The van der Waals surface area contributed by atoms with E-state index in [0.717, 1.165) is 97.1 Å². The Bertz CT molecular complexity index is 1170. The Hall–Kier alpha value is -1.19. The van der Waals surface area contributed by atoms with Gasteiger partial charge in [0.2, 0.25) is 0 Å². The molecule has 1 N–H and O–H groups in total. The van der Waals surface area contributed by atoms with Gasteiger partial charge in [-0.3, -0.25) is 4.98 Å². The Balaban J connectivity index is 1.60. The quantitative estimate of drug-likeness (QED) is 0.276. The van der Waals surface area contributed by atoms with Gasteiger partial charge in [-0.05, 0) is 68.1 Å². The predicted molar refractivity (Wildman–Crippen MR) is 140 cm³/mol. The number of pyridine rings is 1. The number of nitrogens with zero attached hydrogens (tertiary/aromatic N) is 1. The summed E-state index contributed by atoms with van der Waals surface area (Å²) in [6.45, 7) is 4.38. The summed E-state index contributed by atoms with van der Waals surface area (Å²) in [6.07, 6.45) is 3.43. The van der Waals surface area contributed by atoms with Crippen LogP contribution in [0.5, 0.6) is 0 Å². The highest BCUT2D eigenvalue weighted by atomic mass is 127. The van der Waals surface area contributed by atoms with Gasteiger partial charge in [0.05, 0.1) is 17.4 Å². The van der Waals surface area contributed by atoms with E-state index in [1.54, 1.807) is 12.1 Å². The molecule has 2 unspecified atom stereocenters. The van der Waals surface area contributed by atoms with Crippen molar-refractivity contribution in [3.8, 4) is 0 Å². The van der Waals surface area contributed by atoms with Crippen molar-refractivity contribution in [3.63, 3.8) is 0 Å². The first-order valence-electron chi connectivity index (χ1n) is 13.2. The zero-order valence-electron chi connectivity index (χ0n) is 20.8. The van der Waals surface area contributed by atoms with Crippen molar-refractivity contribution < 1.29 is 23.0 Å². The van der Waals surface area contributed by atoms with Gasteiger partial charge in [-0.2, -0.15) is 13.2 Å². The third kappa shape index (κ3) is 3.94. The first kappa shape index (κ1) is 25.1. The van der Waals surface area contributed by atoms with Gasteiger partial charge in [-0.1, -0.05) is 61.4 Å². The lowest BCUT2D eigenvalue weighted by atomic mass is 9.70. The van der Waals surface area contributed by atoms with Gasteiger partial charge in [0.25, 0.3) is 0 Å². The van der Waals surface area contributed by atoms with Crippen molar-refractivity contribution >= 4 is 22.6 Å². The Kier molecular flexibility index (Phi) is 6.04. The van der Waals surface area contributed by atoms with E-state index >= 15 is 0 Å². The number of rotatable bonds is 2. The molecule has 0 saturated heterocycles. The van der Waals surface area contributed by atoms with Crippen molar-refractivity contribution in [3.05, 3.63) is 63.5 Å². The molecular weight excluding hydrogens is 578 g/mol. The molecule has 6 rings (SSSR count). The number of fused-ring (bicyclic) bond motifs is 4. The molecular formula is C29H33F3INO2. The molecule has 194 valence electrons. The molecule has 0 bridgehead atoms. The molecule has 2 heterocycles. The molecule has 1 spiro atoms. The van der Waals surface area contributed by atoms with Crippen LogP contribution in [0.15, 0.2) is 24.3 Å². The summed E-state index contributed by atoms with van der Waals surface area (Å²) in [5.74, 6) is 0.330.